The molecule has 19 heavy (non-hydrogen) atoms. The van der Waals surface area contributed by atoms with Crippen molar-refractivity contribution in [1.29, 1.82) is 0 Å². The van der Waals surface area contributed by atoms with Gasteiger partial charge in [-0.25, -0.2) is 9.37 Å². The van der Waals surface area contributed by atoms with E-state index in [1.807, 2.05) is 11.5 Å². The monoisotopic (exact) mass is 263 g/mol. The summed E-state index contributed by atoms with van der Waals surface area (Å²) in [5, 5.41) is 0. The molecule has 1 atom stereocenters. The van der Waals surface area contributed by atoms with Crippen LogP contribution in [-0.4, -0.2) is 15.3 Å². The number of carbonyl (C=O) groups is 1. The van der Waals surface area contributed by atoms with E-state index in [1.54, 1.807) is 13.0 Å². The number of hydrogen-bond donors (Lipinski definition) is 1. The molecule has 1 heterocycles. The third kappa shape index (κ3) is 2.81. The largest absolute Gasteiger partial charge is 0.326 e. The number of aromatic nitrogens is 2. The number of fused-ring (bicyclic) bond motifs is 1. The minimum atomic E-state index is -0.319. The predicted octanol–water partition coefficient (Wildman–Crippen LogP) is 2.56. The molecule has 0 radical (unpaired) electrons. The lowest BCUT2D eigenvalue weighted by molar-refractivity contribution is -0.117. The molecule has 4 nitrogen and oxygen atoms in total. The van der Waals surface area contributed by atoms with E-state index in [9.17, 15) is 9.18 Å². The normalized spacial score (nSPS) is 12.8. The average molecular weight is 263 g/mol. The van der Waals surface area contributed by atoms with Crippen LogP contribution in [0.4, 0.5) is 4.39 Å². The van der Waals surface area contributed by atoms with E-state index in [0.717, 1.165) is 11.9 Å². The van der Waals surface area contributed by atoms with Crippen LogP contribution >= 0.6 is 0 Å². The summed E-state index contributed by atoms with van der Waals surface area (Å²) in [6.45, 7) is 4.05. The highest BCUT2D eigenvalue weighted by atomic mass is 19.1. The quantitative estimate of drug-likeness (QED) is 0.901. The van der Waals surface area contributed by atoms with Crippen LogP contribution < -0.4 is 5.73 Å². The Hall–Kier alpha value is -1.75. The Balaban J connectivity index is 2.51. The van der Waals surface area contributed by atoms with E-state index in [0.29, 0.717) is 24.3 Å². The first kappa shape index (κ1) is 13.7. The molecule has 1 unspecified atom stereocenters. The Kier molecular flexibility index (Phi) is 3.95. The molecule has 5 heteroatoms. The topological polar surface area (TPSA) is 60.9 Å². The van der Waals surface area contributed by atoms with E-state index in [2.05, 4.69) is 4.98 Å². The maximum Gasteiger partial charge on any atom is 0.131 e. The molecule has 2 N–H and O–H groups in total. The molecular formula is C14H18FN3O. The number of nitrogens with zero attached hydrogens (tertiary/aromatic N) is 2. The van der Waals surface area contributed by atoms with Gasteiger partial charge in [0.1, 0.15) is 17.4 Å². The SMILES string of the molecule is CCC(N)c1nc2cc(F)ccc2n1CCC(C)=O. The molecule has 0 saturated carbocycles. The summed E-state index contributed by atoms with van der Waals surface area (Å²) in [4.78, 5) is 15.6. The van der Waals surface area contributed by atoms with Crippen molar-refractivity contribution in [2.24, 2.45) is 5.73 Å². The Morgan fingerprint density at radius 3 is 2.89 bits per heavy atom. The van der Waals surface area contributed by atoms with Gasteiger partial charge in [-0.3, -0.25) is 4.79 Å². The number of hydrogen-bond acceptors (Lipinski definition) is 3. The van der Waals surface area contributed by atoms with Crippen molar-refractivity contribution in [3.63, 3.8) is 0 Å². The lowest BCUT2D eigenvalue weighted by atomic mass is 10.2. The molecule has 1 aromatic heterocycles. The maximum atomic E-state index is 13.2. The lowest BCUT2D eigenvalue weighted by Gasteiger charge is -2.12. The van der Waals surface area contributed by atoms with Crippen LogP contribution in [0.5, 0.6) is 0 Å². The fourth-order valence-corrected chi connectivity index (χ4v) is 2.09. The van der Waals surface area contributed by atoms with Crippen LogP contribution in [0.15, 0.2) is 18.2 Å². The van der Waals surface area contributed by atoms with Crippen LogP contribution in [0.2, 0.25) is 0 Å². The van der Waals surface area contributed by atoms with Crippen molar-refractivity contribution in [2.45, 2.75) is 39.3 Å². The summed E-state index contributed by atoms with van der Waals surface area (Å²) in [6.07, 6.45) is 1.16. The molecular weight excluding hydrogens is 245 g/mol. The molecule has 102 valence electrons. The third-order valence-corrected chi connectivity index (χ3v) is 3.20. The highest BCUT2D eigenvalue weighted by Gasteiger charge is 2.16. The molecule has 2 aromatic rings. The minimum Gasteiger partial charge on any atom is -0.326 e. The molecule has 0 aliphatic heterocycles. The molecule has 2 rings (SSSR count). The van der Waals surface area contributed by atoms with Crippen molar-refractivity contribution >= 4 is 16.8 Å². The highest BCUT2D eigenvalue weighted by Crippen LogP contribution is 2.22. The zero-order chi connectivity index (χ0) is 14.0. The van der Waals surface area contributed by atoms with E-state index in [-0.39, 0.29) is 17.6 Å². The number of benzene rings is 1. The standard InChI is InChI=1S/C14H18FN3O/c1-3-11(16)14-17-12-8-10(15)4-5-13(12)18(14)7-6-9(2)19/h4-5,8,11H,3,6-7,16H2,1-2H3. The fourth-order valence-electron chi connectivity index (χ4n) is 2.09. The zero-order valence-corrected chi connectivity index (χ0v) is 11.2. The van der Waals surface area contributed by atoms with Gasteiger partial charge in [-0.2, -0.15) is 0 Å². The average Bonchev–Trinajstić information content (AvgIpc) is 2.72. The van der Waals surface area contributed by atoms with E-state index >= 15 is 0 Å². The van der Waals surface area contributed by atoms with Crippen LogP contribution in [0.1, 0.15) is 38.6 Å². The van der Waals surface area contributed by atoms with Crippen molar-refractivity contribution < 1.29 is 9.18 Å². The second kappa shape index (κ2) is 5.48. The van der Waals surface area contributed by atoms with Crippen molar-refractivity contribution in [1.82, 2.24) is 9.55 Å². The maximum absolute atomic E-state index is 13.2. The van der Waals surface area contributed by atoms with Gasteiger partial charge < -0.3 is 10.3 Å². The Morgan fingerprint density at radius 1 is 1.53 bits per heavy atom. The van der Waals surface area contributed by atoms with Gasteiger partial charge in [0.15, 0.2) is 0 Å². The van der Waals surface area contributed by atoms with Gasteiger partial charge in [0.25, 0.3) is 0 Å². The minimum absolute atomic E-state index is 0.111. The van der Waals surface area contributed by atoms with Gasteiger partial charge in [0, 0.05) is 19.0 Å². The number of halogens is 1. The van der Waals surface area contributed by atoms with Crippen LogP contribution in [0.3, 0.4) is 0 Å². The van der Waals surface area contributed by atoms with Gasteiger partial charge in [-0.05, 0) is 25.5 Å². The zero-order valence-electron chi connectivity index (χ0n) is 11.2. The van der Waals surface area contributed by atoms with Gasteiger partial charge in [0.2, 0.25) is 0 Å². The number of nitrogens with two attached hydrogens (primary N) is 1. The fraction of sp³-hybridized carbons (Fsp3) is 0.429. The van der Waals surface area contributed by atoms with E-state index in [1.165, 1.54) is 12.1 Å². The molecule has 0 spiro atoms. The number of ketones is 1. The summed E-state index contributed by atoms with van der Waals surface area (Å²) in [5.41, 5.74) is 7.45. The Bertz CT molecular complexity index is 606. The molecule has 1 aromatic carbocycles. The number of aryl methyl sites for hydroxylation is 1. The second-order valence-electron chi connectivity index (χ2n) is 4.72. The Morgan fingerprint density at radius 2 is 2.26 bits per heavy atom. The molecule has 0 bridgehead atoms. The number of carbonyl (C=O) groups excluding carboxylic acids is 1. The molecule has 0 fully saturated rings. The summed E-state index contributed by atoms with van der Waals surface area (Å²) in [7, 11) is 0. The summed E-state index contributed by atoms with van der Waals surface area (Å²) in [5.74, 6) is 0.504. The first-order chi connectivity index (χ1) is 9.02. The number of imidazole rings is 1. The Labute approximate surface area is 111 Å². The van der Waals surface area contributed by atoms with Gasteiger partial charge >= 0.3 is 0 Å². The lowest BCUT2D eigenvalue weighted by Crippen LogP contribution is -2.16. The second-order valence-corrected chi connectivity index (χ2v) is 4.72. The molecule has 0 aliphatic carbocycles. The van der Waals surface area contributed by atoms with Gasteiger partial charge in [0.05, 0.1) is 17.1 Å². The van der Waals surface area contributed by atoms with Crippen molar-refractivity contribution in [3.05, 3.63) is 29.8 Å². The van der Waals surface area contributed by atoms with E-state index < -0.39 is 0 Å². The highest BCUT2D eigenvalue weighted by molar-refractivity contribution is 5.78. The third-order valence-electron chi connectivity index (χ3n) is 3.20. The van der Waals surface area contributed by atoms with E-state index in [4.69, 9.17) is 5.73 Å². The smallest absolute Gasteiger partial charge is 0.131 e. The summed E-state index contributed by atoms with van der Waals surface area (Å²) < 4.78 is 15.2. The van der Waals surface area contributed by atoms with Gasteiger partial charge in [-0.15, -0.1) is 0 Å². The predicted molar refractivity (Wildman–Crippen MR) is 72.2 cm³/mol. The van der Waals surface area contributed by atoms with Crippen LogP contribution in [-0.2, 0) is 11.3 Å². The summed E-state index contributed by atoms with van der Waals surface area (Å²) in [6, 6.07) is 4.27. The molecule has 0 aliphatic rings. The molecule has 0 amide bonds. The molecule has 0 saturated heterocycles. The van der Waals surface area contributed by atoms with Crippen LogP contribution in [0, 0.1) is 5.82 Å². The van der Waals surface area contributed by atoms with Crippen molar-refractivity contribution in [3.8, 4) is 0 Å². The number of Topliss-reactive ketones (excluding diaryl/α,β-unsaturated/α-hetero) is 1. The summed E-state index contributed by atoms with van der Waals surface area (Å²) >= 11 is 0. The first-order valence-electron chi connectivity index (χ1n) is 6.43. The van der Waals surface area contributed by atoms with Crippen LogP contribution in [0.25, 0.3) is 11.0 Å². The first-order valence-corrected chi connectivity index (χ1v) is 6.43. The van der Waals surface area contributed by atoms with Gasteiger partial charge in [-0.1, -0.05) is 6.92 Å². The van der Waals surface area contributed by atoms with Crippen molar-refractivity contribution in [2.75, 3.05) is 0 Å². The number of rotatable bonds is 5.